The maximum Gasteiger partial charge on any atom is 0.164 e. The Bertz CT molecular complexity index is 2780. The predicted molar refractivity (Wildman–Crippen MR) is 189 cm³/mol. The van der Waals surface area contributed by atoms with Crippen molar-refractivity contribution in [1.29, 1.82) is 0 Å². The van der Waals surface area contributed by atoms with Crippen LogP contribution in [0.3, 0.4) is 0 Å². The molecule has 0 fully saturated rings. The molecule has 4 aromatic heterocycles. The minimum absolute atomic E-state index is 0.571. The fourth-order valence-corrected chi connectivity index (χ4v) is 7.40. The molecule has 0 saturated heterocycles. The Hall–Kier alpha value is -6.18. The van der Waals surface area contributed by atoms with Crippen molar-refractivity contribution in [2.75, 3.05) is 0 Å². The summed E-state index contributed by atoms with van der Waals surface area (Å²) in [6.07, 6.45) is 0. The highest BCUT2D eigenvalue weighted by Crippen LogP contribution is 2.40. The molecule has 47 heavy (non-hydrogen) atoms. The summed E-state index contributed by atoms with van der Waals surface area (Å²) in [5, 5.41) is 4.92. The number of nitrogens with zero attached hydrogens (tertiary/aromatic N) is 4. The van der Waals surface area contributed by atoms with Crippen LogP contribution >= 0.6 is 11.3 Å². The lowest BCUT2D eigenvalue weighted by Crippen LogP contribution is -2.00. The second kappa shape index (κ2) is 10.2. The summed E-state index contributed by atoms with van der Waals surface area (Å²) in [5.41, 5.74) is 7.86. The molecule has 10 aromatic rings. The Balaban J connectivity index is 1.20. The Morgan fingerprint density at radius 3 is 1.81 bits per heavy atom. The van der Waals surface area contributed by atoms with Crippen LogP contribution in [-0.4, -0.2) is 19.9 Å². The van der Waals surface area contributed by atoms with Crippen LogP contribution in [0.15, 0.2) is 142 Å². The molecule has 0 unspecified atom stereocenters. The van der Waals surface area contributed by atoms with Gasteiger partial charge in [-0.1, -0.05) is 91.0 Å². The van der Waals surface area contributed by atoms with Crippen molar-refractivity contribution in [2.45, 2.75) is 0 Å². The van der Waals surface area contributed by atoms with Gasteiger partial charge in [0, 0.05) is 43.8 Å². The van der Waals surface area contributed by atoms with Gasteiger partial charge in [0.1, 0.15) is 27.3 Å². The second-order valence-corrected chi connectivity index (χ2v) is 12.5. The molecule has 10 rings (SSSR count). The lowest BCUT2D eigenvalue weighted by Gasteiger charge is -2.10. The molecule has 0 N–H and O–H groups in total. The molecular weight excluding hydrogens is 601 g/mol. The van der Waals surface area contributed by atoms with Gasteiger partial charge < -0.3 is 8.83 Å². The number of benzene rings is 6. The van der Waals surface area contributed by atoms with Gasteiger partial charge in [-0.15, -0.1) is 11.3 Å². The summed E-state index contributed by atoms with van der Waals surface area (Å²) in [6, 6.07) is 44.7. The number of aromatic nitrogens is 4. The molecule has 0 amide bonds. The van der Waals surface area contributed by atoms with E-state index < -0.39 is 0 Å². The van der Waals surface area contributed by atoms with Crippen LogP contribution in [0.4, 0.5) is 0 Å². The minimum atomic E-state index is 0.571. The largest absolute Gasteiger partial charge is 0.456 e. The zero-order chi connectivity index (χ0) is 30.9. The van der Waals surface area contributed by atoms with Crippen LogP contribution < -0.4 is 0 Å². The molecule has 4 heterocycles. The lowest BCUT2D eigenvalue weighted by atomic mass is 10.0. The fraction of sp³-hybridized carbons (Fsp3) is 0. The number of hydrogen-bond acceptors (Lipinski definition) is 7. The van der Waals surface area contributed by atoms with Crippen molar-refractivity contribution in [3.05, 3.63) is 133 Å². The average Bonchev–Trinajstić information content (AvgIpc) is 3.84. The Morgan fingerprint density at radius 1 is 0.426 bits per heavy atom. The number of furan rings is 2. The molecule has 6 aromatic carbocycles. The van der Waals surface area contributed by atoms with Crippen molar-refractivity contribution < 1.29 is 8.83 Å². The van der Waals surface area contributed by atoms with Gasteiger partial charge in [0.05, 0.1) is 10.2 Å². The molecule has 0 bridgehead atoms. The van der Waals surface area contributed by atoms with Crippen LogP contribution in [0.5, 0.6) is 0 Å². The normalized spacial score (nSPS) is 11.8. The summed E-state index contributed by atoms with van der Waals surface area (Å²) in [6.45, 7) is 0. The molecule has 0 atom stereocenters. The molecule has 220 valence electrons. The second-order valence-electron chi connectivity index (χ2n) is 11.4. The van der Waals surface area contributed by atoms with E-state index in [9.17, 15) is 0 Å². The van der Waals surface area contributed by atoms with Gasteiger partial charge in [-0.2, -0.15) is 0 Å². The minimum Gasteiger partial charge on any atom is -0.456 e. The van der Waals surface area contributed by atoms with Crippen molar-refractivity contribution in [3.8, 4) is 44.7 Å². The van der Waals surface area contributed by atoms with E-state index in [2.05, 4.69) is 42.5 Å². The summed E-state index contributed by atoms with van der Waals surface area (Å²) in [7, 11) is 0. The van der Waals surface area contributed by atoms with Gasteiger partial charge in [0.2, 0.25) is 0 Å². The van der Waals surface area contributed by atoms with Crippen LogP contribution in [-0.2, 0) is 0 Å². The van der Waals surface area contributed by atoms with E-state index in [-0.39, 0.29) is 0 Å². The number of hydrogen-bond donors (Lipinski definition) is 0. The van der Waals surface area contributed by atoms with Gasteiger partial charge in [-0.25, -0.2) is 19.9 Å². The molecule has 0 spiro atoms. The SMILES string of the molecule is c1ccc(-c2nc(-c3cccc4oc5ccccc5c34)nc(-c3cccc4oc5cc(-c6nc7ccccc7s6)ccc5c34)n2)cc1. The number of rotatable bonds is 4. The van der Waals surface area contributed by atoms with Crippen LogP contribution in [0.1, 0.15) is 0 Å². The summed E-state index contributed by atoms with van der Waals surface area (Å²) >= 11 is 1.68. The standard InChI is InChI=1S/C40H22N4O2S/c1-2-10-23(11-3-1)37-42-38(27-13-8-17-31-35(27)25-12-4-6-16-30(25)45-31)44-39(43-37)28-14-9-18-32-36(28)26-21-20-24(22-33(26)46-32)40-41-29-15-5-7-19-34(29)47-40/h1-22H. The smallest absolute Gasteiger partial charge is 0.164 e. The monoisotopic (exact) mass is 622 g/mol. The van der Waals surface area contributed by atoms with Gasteiger partial charge in [-0.05, 0) is 42.5 Å². The molecule has 7 heteroatoms. The summed E-state index contributed by atoms with van der Waals surface area (Å²) in [5.74, 6) is 1.74. The molecule has 0 aliphatic rings. The van der Waals surface area contributed by atoms with Crippen molar-refractivity contribution in [1.82, 2.24) is 19.9 Å². The van der Waals surface area contributed by atoms with E-state index in [0.717, 1.165) is 81.4 Å². The predicted octanol–water partition coefficient (Wildman–Crippen LogP) is 10.9. The lowest BCUT2D eigenvalue weighted by molar-refractivity contribution is 0.668. The van der Waals surface area contributed by atoms with Crippen LogP contribution in [0.25, 0.3) is 98.8 Å². The zero-order valence-corrected chi connectivity index (χ0v) is 25.5. The molecule has 6 nitrogen and oxygen atoms in total. The highest BCUT2D eigenvalue weighted by atomic mass is 32.1. The molecule has 0 aliphatic carbocycles. The summed E-state index contributed by atoms with van der Waals surface area (Å²) < 4.78 is 13.8. The Morgan fingerprint density at radius 2 is 1.04 bits per heavy atom. The van der Waals surface area contributed by atoms with E-state index >= 15 is 0 Å². The first-order valence-electron chi connectivity index (χ1n) is 15.3. The topological polar surface area (TPSA) is 77.8 Å². The highest BCUT2D eigenvalue weighted by molar-refractivity contribution is 7.21. The van der Waals surface area contributed by atoms with E-state index in [1.807, 2.05) is 91.0 Å². The van der Waals surface area contributed by atoms with Gasteiger partial charge in [0.25, 0.3) is 0 Å². The van der Waals surface area contributed by atoms with Gasteiger partial charge in [0.15, 0.2) is 17.5 Å². The van der Waals surface area contributed by atoms with Crippen molar-refractivity contribution in [2.24, 2.45) is 0 Å². The zero-order valence-electron chi connectivity index (χ0n) is 24.7. The maximum atomic E-state index is 6.47. The number of para-hydroxylation sites is 2. The van der Waals surface area contributed by atoms with E-state index in [4.69, 9.17) is 28.8 Å². The van der Waals surface area contributed by atoms with Crippen molar-refractivity contribution >= 4 is 65.4 Å². The van der Waals surface area contributed by atoms with Crippen molar-refractivity contribution in [3.63, 3.8) is 0 Å². The highest BCUT2D eigenvalue weighted by Gasteiger charge is 2.20. The first-order chi connectivity index (χ1) is 23.3. The molecule has 0 radical (unpaired) electrons. The first-order valence-corrected chi connectivity index (χ1v) is 16.1. The average molecular weight is 623 g/mol. The van der Waals surface area contributed by atoms with Gasteiger partial charge >= 0.3 is 0 Å². The molecule has 0 saturated carbocycles. The fourth-order valence-electron chi connectivity index (χ4n) is 6.43. The van der Waals surface area contributed by atoms with Crippen LogP contribution in [0, 0.1) is 0 Å². The molecular formula is C40H22N4O2S. The quantitative estimate of drug-likeness (QED) is 0.194. The first kappa shape index (κ1) is 26.1. The van der Waals surface area contributed by atoms with E-state index in [1.165, 1.54) is 0 Å². The third kappa shape index (κ3) is 4.17. The maximum absolute atomic E-state index is 6.47. The molecule has 0 aliphatic heterocycles. The Labute approximate surface area is 271 Å². The summed E-state index contributed by atoms with van der Waals surface area (Å²) in [4.78, 5) is 20.1. The van der Waals surface area contributed by atoms with Gasteiger partial charge in [-0.3, -0.25) is 0 Å². The van der Waals surface area contributed by atoms with E-state index in [1.54, 1.807) is 11.3 Å². The Kier molecular flexibility index (Phi) is 5.64. The van der Waals surface area contributed by atoms with Crippen LogP contribution in [0.2, 0.25) is 0 Å². The third-order valence-corrected chi connectivity index (χ3v) is 9.68. The third-order valence-electron chi connectivity index (χ3n) is 8.59. The van der Waals surface area contributed by atoms with E-state index in [0.29, 0.717) is 17.5 Å². The number of thiazole rings is 1. The number of fused-ring (bicyclic) bond motifs is 7.